The summed E-state index contributed by atoms with van der Waals surface area (Å²) in [5.74, 6) is 0.903. The Bertz CT molecular complexity index is 1160. The molecule has 2 aromatic carbocycles. The summed E-state index contributed by atoms with van der Waals surface area (Å²) in [5, 5.41) is 8.27. The Morgan fingerprint density at radius 1 is 1.07 bits per heavy atom. The zero-order valence-electron chi connectivity index (χ0n) is 16.9. The lowest BCUT2D eigenvalue weighted by atomic mass is 10.1. The quantitative estimate of drug-likeness (QED) is 0.449. The number of ether oxygens (including phenoxy) is 1. The van der Waals surface area contributed by atoms with Crippen molar-refractivity contribution >= 4 is 16.8 Å². The van der Waals surface area contributed by atoms with E-state index in [1.807, 2.05) is 56.3 Å². The van der Waals surface area contributed by atoms with Gasteiger partial charge in [-0.15, -0.1) is 5.10 Å². The summed E-state index contributed by atoms with van der Waals surface area (Å²) in [4.78, 5) is 13.0. The molecule has 0 aliphatic rings. The van der Waals surface area contributed by atoms with Crippen molar-refractivity contribution in [3.63, 3.8) is 0 Å². The molecule has 4 rings (SSSR count). The van der Waals surface area contributed by atoms with E-state index < -0.39 is 0 Å². The summed E-state index contributed by atoms with van der Waals surface area (Å²) in [5.41, 5.74) is 5.73. The third-order valence-electron chi connectivity index (χ3n) is 5.37. The maximum absolute atomic E-state index is 13.0. The van der Waals surface area contributed by atoms with Crippen molar-refractivity contribution in [1.82, 2.24) is 19.6 Å². The van der Waals surface area contributed by atoms with Gasteiger partial charge in [0.05, 0.1) is 12.6 Å². The number of benzene rings is 2. The van der Waals surface area contributed by atoms with Crippen LogP contribution in [-0.4, -0.2) is 32.5 Å². The first-order chi connectivity index (χ1) is 14.1. The highest BCUT2D eigenvalue weighted by Gasteiger charge is 2.17. The van der Waals surface area contributed by atoms with Gasteiger partial charge in [0.1, 0.15) is 17.8 Å². The molecule has 0 saturated carbocycles. The smallest absolute Gasteiger partial charge is 0.186 e. The van der Waals surface area contributed by atoms with Crippen LogP contribution < -0.4 is 4.74 Å². The van der Waals surface area contributed by atoms with Crippen molar-refractivity contribution in [2.45, 2.75) is 33.4 Å². The fraction of sp³-hybridized carbons (Fsp3) is 0.261. The first kappa shape index (κ1) is 18.9. The minimum Gasteiger partial charge on any atom is -0.497 e. The van der Waals surface area contributed by atoms with Crippen LogP contribution in [0.5, 0.6) is 5.75 Å². The minimum absolute atomic E-state index is 0.0458. The Balaban J connectivity index is 1.50. The van der Waals surface area contributed by atoms with Gasteiger partial charge in [0, 0.05) is 23.5 Å². The van der Waals surface area contributed by atoms with Gasteiger partial charge in [-0.1, -0.05) is 29.5 Å². The molecule has 148 valence electrons. The molecule has 0 saturated heterocycles. The van der Waals surface area contributed by atoms with Crippen LogP contribution in [0.2, 0.25) is 0 Å². The van der Waals surface area contributed by atoms with Gasteiger partial charge >= 0.3 is 0 Å². The van der Waals surface area contributed by atoms with Crippen LogP contribution >= 0.6 is 0 Å². The molecule has 2 heterocycles. The van der Waals surface area contributed by atoms with E-state index in [1.165, 1.54) is 5.56 Å². The number of hydrogen-bond donors (Lipinski definition) is 0. The van der Waals surface area contributed by atoms with Crippen LogP contribution in [0.25, 0.3) is 11.0 Å². The summed E-state index contributed by atoms with van der Waals surface area (Å²) >= 11 is 0. The largest absolute Gasteiger partial charge is 0.497 e. The van der Waals surface area contributed by atoms with Crippen LogP contribution in [0.15, 0.2) is 54.6 Å². The number of ketones is 1. The SMILES string of the molecule is COc1ccc(CCn2c(C)cc(C(=O)Cn3nnc4ccccc43)c2C)cc1. The molecule has 0 fully saturated rings. The molecular weight excluding hydrogens is 364 g/mol. The van der Waals surface area contributed by atoms with E-state index in [4.69, 9.17) is 4.74 Å². The normalized spacial score (nSPS) is 11.1. The zero-order chi connectivity index (χ0) is 20.4. The highest BCUT2D eigenvalue weighted by molar-refractivity contribution is 5.97. The number of carbonyl (C=O) groups is 1. The predicted octanol–water partition coefficient (Wildman–Crippen LogP) is 3.98. The minimum atomic E-state index is 0.0458. The lowest BCUT2D eigenvalue weighted by molar-refractivity contribution is 0.0967. The van der Waals surface area contributed by atoms with Gasteiger partial charge in [0.25, 0.3) is 0 Å². The molecule has 0 N–H and O–H groups in total. The Labute approximate surface area is 169 Å². The molecule has 6 nitrogen and oxygen atoms in total. The number of fused-ring (bicyclic) bond motifs is 1. The molecule has 29 heavy (non-hydrogen) atoms. The first-order valence-electron chi connectivity index (χ1n) is 9.68. The zero-order valence-corrected chi connectivity index (χ0v) is 16.9. The van der Waals surface area contributed by atoms with Gasteiger partial charge < -0.3 is 9.30 Å². The van der Waals surface area contributed by atoms with Crippen molar-refractivity contribution < 1.29 is 9.53 Å². The number of aryl methyl sites for hydroxylation is 2. The fourth-order valence-corrected chi connectivity index (χ4v) is 3.72. The summed E-state index contributed by atoms with van der Waals surface area (Å²) < 4.78 is 9.09. The van der Waals surface area contributed by atoms with Gasteiger partial charge in [-0.05, 0) is 56.2 Å². The second-order valence-electron chi connectivity index (χ2n) is 7.19. The number of hydrogen-bond acceptors (Lipinski definition) is 4. The molecule has 4 aromatic rings. The fourth-order valence-electron chi connectivity index (χ4n) is 3.72. The van der Waals surface area contributed by atoms with Crippen molar-refractivity contribution in [2.24, 2.45) is 0 Å². The van der Waals surface area contributed by atoms with Gasteiger partial charge in [0.15, 0.2) is 5.78 Å². The molecular formula is C23H24N4O2. The van der Waals surface area contributed by atoms with E-state index in [1.54, 1.807) is 11.8 Å². The lowest BCUT2D eigenvalue weighted by Gasteiger charge is -2.10. The number of Topliss-reactive ketones (excluding diaryl/α,β-unsaturated/α-hetero) is 1. The Hall–Kier alpha value is -3.41. The summed E-state index contributed by atoms with van der Waals surface area (Å²) in [6.07, 6.45) is 0.891. The molecule has 6 heteroatoms. The van der Waals surface area contributed by atoms with Gasteiger partial charge in [-0.2, -0.15) is 0 Å². The van der Waals surface area contributed by atoms with E-state index >= 15 is 0 Å². The number of para-hydroxylation sites is 1. The molecule has 2 aromatic heterocycles. The highest BCUT2D eigenvalue weighted by atomic mass is 16.5. The monoisotopic (exact) mass is 388 g/mol. The van der Waals surface area contributed by atoms with Crippen LogP contribution in [0.3, 0.4) is 0 Å². The molecule has 0 spiro atoms. The topological polar surface area (TPSA) is 61.9 Å². The van der Waals surface area contributed by atoms with Crippen LogP contribution in [0, 0.1) is 13.8 Å². The van der Waals surface area contributed by atoms with Crippen LogP contribution in [0.4, 0.5) is 0 Å². The Morgan fingerprint density at radius 2 is 1.83 bits per heavy atom. The molecule has 0 radical (unpaired) electrons. The number of rotatable bonds is 7. The number of methoxy groups -OCH3 is 1. The van der Waals surface area contributed by atoms with Crippen LogP contribution in [-0.2, 0) is 19.5 Å². The third kappa shape index (κ3) is 3.78. The van der Waals surface area contributed by atoms with E-state index in [0.29, 0.717) is 0 Å². The maximum Gasteiger partial charge on any atom is 0.186 e. The lowest BCUT2D eigenvalue weighted by Crippen LogP contribution is -2.13. The number of carbonyl (C=O) groups excluding carboxylic acids is 1. The van der Waals surface area contributed by atoms with Crippen molar-refractivity contribution in [2.75, 3.05) is 7.11 Å². The van der Waals surface area contributed by atoms with Gasteiger partial charge in [0.2, 0.25) is 0 Å². The van der Waals surface area contributed by atoms with Gasteiger partial charge in [-0.25, -0.2) is 4.68 Å². The summed E-state index contributed by atoms with van der Waals surface area (Å²) in [6, 6.07) is 17.8. The Morgan fingerprint density at radius 3 is 2.59 bits per heavy atom. The highest BCUT2D eigenvalue weighted by Crippen LogP contribution is 2.19. The van der Waals surface area contributed by atoms with E-state index in [-0.39, 0.29) is 12.3 Å². The van der Waals surface area contributed by atoms with E-state index in [2.05, 4.69) is 27.0 Å². The Kier molecular flexibility index (Phi) is 5.16. The van der Waals surface area contributed by atoms with Gasteiger partial charge in [-0.3, -0.25) is 4.79 Å². The predicted molar refractivity (Wildman–Crippen MR) is 112 cm³/mol. The molecule has 0 unspecified atom stereocenters. The first-order valence-corrected chi connectivity index (χ1v) is 9.68. The number of aromatic nitrogens is 4. The molecule has 0 bridgehead atoms. The van der Waals surface area contributed by atoms with E-state index in [0.717, 1.165) is 46.7 Å². The second-order valence-corrected chi connectivity index (χ2v) is 7.19. The maximum atomic E-state index is 13.0. The number of nitrogens with zero attached hydrogens (tertiary/aromatic N) is 4. The molecule has 0 aliphatic carbocycles. The van der Waals surface area contributed by atoms with Crippen molar-refractivity contribution in [3.05, 3.63) is 77.1 Å². The van der Waals surface area contributed by atoms with Crippen molar-refractivity contribution in [3.8, 4) is 5.75 Å². The average molecular weight is 388 g/mol. The molecule has 0 aliphatic heterocycles. The third-order valence-corrected chi connectivity index (χ3v) is 5.37. The standard InChI is InChI=1S/C23H24N4O2/c1-16-14-20(23(28)15-27-22-7-5-4-6-21(22)24-25-27)17(2)26(16)13-12-18-8-10-19(29-3)11-9-18/h4-11,14H,12-13,15H2,1-3H3. The van der Waals surface area contributed by atoms with E-state index in [9.17, 15) is 4.79 Å². The molecule has 0 amide bonds. The van der Waals surface area contributed by atoms with Crippen LogP contribution in [0.1, 0.15) is 27.3 Å². The average Bonchev–Trinajstić information content (AvgIpc) is 3.27. The molecule has 0 atom stereocenters. The van der Waals surface area contributed by atoms with Crippen molar-refractivity contribution in [1.29, 1.82) is 0 Å². The summed E-state index contributed by atoms with van der Waals surface area (Å²) in [7, 11) is 1.67. The summed E-state index contributed by atoms with van der Waals surface area (Å²) in [6.45, 7) is 5.06. The second kappa shape index (κ2) is 7.91.